The highest BCUT2D eigenvalue weighted by molar-refractivity contribution is 7.99. The largest absolute Gasteiger partial charge is 0.486 e. The van der Waals surface area contributed by atoms with Crippen LogP contribution in [0.3, 0.4) is 0 Å². The number of ether oxygens (including phenoxy) is 2. The van der Waals surface area contributed by atoms with Crippen molar-refractivity contribution < 1.29 is 14.3 Å². The summed E-state index contributed by atoms with van der Waals surface area (Å²) in [7, 11) is 0. The number of hydrogen-bond acceptors (Lipinski definition) is 5. The number of thioether (sulfide) groups is 1. The highest BCUT2D eigenvalue weighted by Crippen LogP contribution is 2.44. The molecule has 2 fully saturated rings. The van der Waals surface area contributed by atoms with Crippen LogP contribution in [-0.4, -0.2) is 23.3 Å². The molecule has 0 amide bonds. The first kappa shape index (κ1) is 17.7. The summed E-state index contributed by atoms with van der Waals surface area (Å²) >= 11 is 8.17. The molecule has 1 aromatic carbocycles. The molecule has 2 unspecified atom stereocenters. The van der Waals surface area contributed by atoms with Gasteiger partial charge in [0.05, 0.1) is 15.7 Å². The summed E-state index contributed by atoms with van der Waals surface area (Å²) in [5.41, 5.74) is 1.97. The van der Waals surface area contributed by atoms with E-state index in [1.165, 1.54) is 12.8 Å². The Hall–Kier alpha value is -1.72. The summed E-state index contributed by atoms with van der Waals surface area (Å²) in [6, 6.07) is 11.8. The van der Waals surface area contributed by atoms with Gasteiger partial charge >= 0.3 is 0 Å². The van der Waals surface area contributed by atoms with Gasteiger partial charge < -0.3 is 9.47 Å². The molecule has 0 bridgehead atoms. The van der Waals surface area contributed by atoms with E-state index in [2.05, 4.69) is 4.98 Å². The minimum absolute atomic E-state index is 0.0181. The SMILES string of the molecule is O=COC1CC1c1ccc(OCc2cccc(SCC3CC3)n2)c(Cl)c1. The van der Waals surface area contributed by atoms with Crippen LogP contribution in [0.25, 0.3) is 0 Å². The highest BCUT2D eigenvalue weighted by atomic mass is 35.5. The van der Waals surface area contributed by atoms with Gasteiger partial charge in [0, 0.05) is 11.7 Å². The molecule has 0 N–H and O–H groups in total. The first-order valence-corrected chi connectivity index (χ1v) is 10.2. The van der Waals surface area contributed by atoms with Crippen molar-refractivity contribution in [2.24, 2.45) is 5.92 Å². The number of hydrogen-bond donors (Lipinski definition) is 0. The lowest BCUT2D eigenvalue weighted by Crippen LogP contribution is -2.00. The van der Waals surface area contributed by atoms with Crippen molar-refractivity contribution in [2.45, 2.75) is 42.9 Å². The van der Waals surface area contributed by atoms with Crippen LogP contribution in [-0.2, 0) is 16.1 Å². The maximum absolute atomic E-state index is 10.4. The van der Waals surface area contributed by atoms with E-state index < -0.39 is 0 Å². The fourth-order valence-electron chi connectivity index (χ4n) is 2.87. The average molecular weight is 390 g/mol. The Morgan fingerprint density at radius 3 is 2.92 bits per heavy atom. The fourth-order valence-corrected chi connectivity index (χ4v) is 4.21. The first-order valence-electron chi connectivity index (χ1n) is 8.83. The summed E-state index contributed by atoms with van der Waals surface area (Å²) in [6.45, 7) is 0.894. The van der Waals surface area contributed by atoms with Crippen molar-refractivity contribution in [3.05, 3.63) is 52.7 Å². The van der Waals surface area contributed by atoms with E-state index >= 15 is 0 Å². The van der Waals surface area contributed by atoms with Crippen molar-refractivity contribution in [1.29, 1.82) is 0 Å². The zero-order valence-electron chi connectivity index (χ0n) is 14.3. The van der Waals surface area contributed by atoms with E-state index in [1.54, 1.807) is 0 Å². The molecule has 1 heterocycles. The Kier molecular flexibility index (Phi) is 5.36. The molecule has 0 radical (unpaired) electrons. The molecular weight excluding hydrogens is 370 g/mol. The van der Waals surface area contributed by atoms with Gasteiger partial charge in [0.2, 0.25) is 0 Å². The maximum atomic E-state index is 10.4. The third-order valence-electron chi connectivity index (χ3n) is 4.67. The van der Waals surface area contributed by atoms with Gasteiger partial charge in [0.25, 0.3) is 6.47 Å². The van der Waals surface area contributed by atoms with E-state index in [0.717, 1.165) is 34.4 Å². The Labute approximate surface area is 162 Å². The molecule has 1 aromatic heterocycles. The minimum Gasteiger partial charge on any atom is -0.486 e. The lowest BCUT2D eigenvalue weighted by molar-refractivity contribution is -0.129. The minimum atomic E-state index is -0.0181. The van der Waals surface area contributed by atoms with Gasteiger partial charge in [-0.15, -0.1) is 11.8 Å². The smallest absolute Gasteiger partial charge is 0.293 e. The number of aromatic nitrogens is 1. The van der Waals surface area contributed by atoms with Crippen LogP contribution >= 0.6 is 23.4 Å². The molecule has 136 valence electrons. The molecule has 2 aliphatic rings. The quantitative estimate of drug-likeness (QED) is 0.453. The molecule has 6 heteroatoms. The molecule has 0 spiro atoms. The number of halogens is 1. The number of rotatable bonds is 9. The topological polar surface area (TPSA) is 48.4 Å². The zero-order chi connectivity index (χ0) is 17.9. The molecule has 2 saturated carbocycles. The van der Waals surface area contributed by atoms with Crippen LogP contribution in [0.4, 0.5) is 0 Å². The van der Waals surface area contributed by atoms with Crippen molar-refractivity contribution in [3.63, 3.8) is 0 Å². The van der Waals surface area contributed by atoms with Crippen LogP contribution in [0.5, 0.6) is 5.75 Å². The van der Waals surface area contributed by atoms with E-state index in [0.29, 0.717) is 23.9 Å². The van der Waals surface area contributed by atoms with Crippen LogP contribution in [0.2, 0.25) is 5.02 Å². The van der Waals surface area contributed by atoms with Crippen molar-refractivity contribution >= 4 is 29.8 Å². The molecule has 26 heavy (non-hydrogen) atoms. The second-order valence-electron chi connectivity index (χ2n) is 6.81. The Balaban J connectivity index is 1.34. The molecule has 2 atom stereocenters. The third-order valence-corrected chi connectivity index (χ3v) is 6.12. The van der Waals surface area contributed by atoms with Crippen molar-refractivity contribution in [3.8, 4) is 5.75 Å². The Morgan fingerprint density at radius 2 is 2.15 bits per heavy atom. The van der Waals surface area contributed by atoms with Gasteiger partial charge in [-0.1, -0.05) is 23.7 Å². The molecule has 2 aliphatic carbocycles. The summed E-state index contributed by atoms with van der Waals surface area (Å²) in [5, 5.41) is 1.62. The van der Waals surface area contributed by atoms with E-state index in [4.69, 9.17) is 21.1 Å². The molecular formula is C20H20ClNO3S. The number of carbonyl (C=O) groups is 1. The number of carbonyl (C=O) groups excluding carboxylic acids is 1. The normalized spacial score (nSPS) is 21.3. The van der Waals surface area contributed by atoms with Gasteiger partial charge in [0.15, 0.2) is 0 Å². The average Bonchev–Trinajstić information content (AvgIpc) is 3.55. The number of nitrogens with zero attached hydrogens (tertiary/aromatic N) is 1. The number of pyridine rings is 1. The number of benzene rings is 1. The predicted octanol–water partition coefficient (Wildman–Crippen LogP) is 4.85. The maximum Gasteiger partial charge on any atom is 0.293 e. The molecule has 2 aromatic rings. The molecule has 0 saturated heterocycles. The lowest BCUT2D eigenvalue weighted by Gasteiger charge is -2.10. The summed E-state index contributed by atoms with van der Waals surface area (Å²) < 4.78 is 10.8. The summed E-state index contributed by atoms with van der Waals surface area (Å²) in [5.74, 6) is 2.91. The predicted molar refractivity (Wildman–Crippen MR) is 102 cm³/mol. The van der Waals surface area contributed by atoms with E-state index in [1.807, 2.05) is 48.2 Å². The van der Waals surface area contributed by atoms with E-state index in [-0.39, 0.29) is 12.0 Å². The van der Waals surface area contributed by atoms with Crippen LogP contribution in [0.15, 0.2) is 41.4 Å². The molecule has 0 aliphatic heterocycles. The van der Waals surface area contributed by atoms with E-state index in [9.17, 15) is 4.79 Å². The lowest BCUT2D eigenvalue weighted by atomic mass is 10.1. The second kappa shape index (κ2) is 7.89. The van der Waals surface area contributed by atoms with Crippen LogP contribution in [0, 0.1) is 5.92 Å². The first-order chi connectivity index (χ1) is 12.7. The van der Waals surface area contributed by atoms with Gasteiger partial charge in [-0.2, -0.15) is 0 Å². The summed E-state index contributed by atoms with van der Waals surface area (Å²) in [6.07, 6.45) is 3.54. The second-order valence-corrected chi connectivity index (χ2v) is 8.26. The standard InChI is InChI=1S/C20H20ClNO3S/c21-17-8-14(16-9-19(16)25-12-23)6-7-18(17)24-10-15-2-1-3-20(22-15)26-11-13-4-5-13/h1-3,6-8,12-13,16,19H,4-5,9-11H2. The Bertz CT molecular complexity index is 796. The van der Waals surface area contributed by atoms with Crippen LogP contribution in [0.1, 0.15) is 36.4 Å². The fraction of sp³-hybridized carbons (Fsp3) is 0.400. The van der Waals surface area contributed by atoms with Crippen molar-refractivity contribution in [2.75, 3.05) is 5.75 Å². The molecule has 4 nitrogen and oxygen atoms in total. The zero-order valence-corrected chi connectivity index (χ0v) is 15.8. The Morgan fingerprint density at radius 1 is 1.27 bits per heavy atom. The third kappa shape index (κ3) is 4.51. The van der Waals surface area contributed by atoms with Gasteiger partial charge in [-0.05, 0) is 55.0 Å². The highest BCUT2D eigenvalue weighted by Gasteiger charge is 2.40. The van der Waals surface area contributed by atoms with Gasteiger partial charge in [0.1, 0.15) is 18.5 Å². The van der Waals surface area contributed by atoms with Crippen LogP contribution < -0.4 is 4.74 Å². The molecule has 4 rings (SSSR count). The van der Waals surface area contributed by atoms with Crippen molar-refractivity contribution in [1.82, 2.24) is 4.98 Å². The van der Waals surface area contributed by atoms with Gasteiger partial charge in [-0.3, -0.25) is 4.79 Å². The monoisotopic (exact) mass is 389 g/mol. The summed E-state index contributed by atoms with van der Waals surface area (Å²) in [4.78, 5) is 15.0. The van der Waals surface area contributed by atoms with Gasteiger partial charge in [-0.25, -0.2) is 4.98 Å².